The second kappa shape index (κ2) is 21.1. The number of allylic oxidation sites excluding steroid dienone is 1. The van der Waals surface area contributed by atoms with Crippen LogP contribution in [0.1, 0.15) is 116 Å². The molecule has 0 spiro atoms. The van der Waals surface area contributed by atoms with E-state index in [2.05, 4.69) is 17.7 Å². The van der Waals surface area contributed by atoms with Crippen LogP contribution in [0.5, 0.6) is 0 Å². The Hall–Kier alpha value is -2.78. The molecule has 4 unspecified atom stereocenters. The minimum Gasteiger partial charge on any atom is -0.469 e. The molecule has 1 heterocycles. The Kier molecular flexibility index (Phi) is 18.0. The third kappa shape index (κ3) is 13.2. The summed E-state index contributed by atoms with van der Waals surface area (Å²) < 4.78 is 29.3. The number of carbonyl (C=O) groups is 3. The zero-order valence-electron chi connectivity index (χ0n) is 28.0. The molecule has 1 aromatic carbocycles. The van der Waals surface area contributed by atoms with Gasteiger partial charge in [-0.3, -0.25) is 19.3 Å². The van der Waals surface area contributed by atoms with Crippen LogP contribution in [0, 0.1) is 11.7 Å². The van der Waals surface area contributed by atoms with Crippen molar-refractivity contribution in [2.45, 2.75) is 134 Å². The zero-order chi connectivity index (χ0) is 33.2. The lowest BCUT2D eigenvalue weighted by Crippen LogP contribution is -2.34. The van der Waals surface area contributed by atoms with E-state index >= 15 is 0 Å². The average molecular weight is 634 g/mol. The number of nitrogens with zero attached hydrogens (tertiary/aromatic N) is 1. The number of carbonyl (C=O) groups excluding carboxylic acids is 3. The van der Waals surface area contributed by atoms with Crippen molar-refractivity contribution in [3.8, 4) is 0 Å². The lowest BCUT2D eigenvalue weighted by molar-refractivity contribution is -0.155. The number of methoxy groups -OCH3 is 2. The van der Waals surface area contributed by atoms with Crippen LogP contribution in [0.4, 0.5) is 4.39 Å². The van der Waals surface area contributed by atoms with Gasteiger partial charge in [-0.1, -0.05) is 77.2 Å². The third-order valence-electron chi connectivity index (χ3n) is 8.91. The van der Waals surface area contributed by atoms with E-state index < -0.39 is 24.1 Å². The number of rotatable bonds is 23. The van der Waals surface area contributed by atoms with Gasteiger partial charge in [0.15, 0.2) is 0 Å². The summed E-state index contributed by atoms with van der Waals surface area (Å²) in [6, 6.07) is 6.15. The second-order valence-corrected chi connectivity index (χ2v) is 12.2. The monoisotopic (exact) mass is 633 g/mol. The summed E-state index contributed by atoms with van der Waals surface area (Å²) in [7, 11) is 2.77. The van der Waals surface area contributed by atoms with E-state index in [-0.39, 0.29) is 42.3 Å². The van der Waals surface area contributed by atoms with Gasteiger partial charge in [-0.15, -0.1) is 0 Å². The number of hydrogen-bond donors (Lipinski definition) is 1. The first kappa shape index (κ1) is 38.4. The molecule has 254 valence electrons. The molecule has 1 fully saturated rings. The van der Waals surface area contributed by atoms with Crippen molar-refractivity contribution < 1.29 is 38.1 Å². The summed E-state index contributed by atoms with van der Waals surface area (Å²) in [6.45, 7) is 6.02. The molecule has 0 aliphatic carbocycles. The lowest BCUT2D eigenvalue weighted by Gasteiger charge is -2.24. The van der Waals surface area contributed by atoms with Gasteiger partial charge in [0.05, 0.1) is 32.8 Å². The van der Waals surface area contributed by atoms with Crippen LogP contribution >= 0.6 is 0 Å². The fourth-order valence-corrected chi connectivity index (χ4v) is 6.25. The highest BCUT2D eigenvalue weighted by molar-refractivity contribution is 5.74. The predicted molar refractivity (Wildman–Crippen MR) is 173 cm³/mol. The molecule has 0 amide bonds. The molecule has 1 aliphatic heterocycles. The summed E-state index contributed by atoms with van der Waals surface area (Å²) in [5, 5.41) is 11.0. The molecule has 1 aliphatic rings. The Morgan fingerprint density at radius 1 is 0.933 bits per heavy atom. The molecule has 1 saturated heterocycles. The summed E-state index contributed by atoms with van der Waals surface area (Å²) >= 11 is 0. The molecule has 7 atom stereocenters. The average Bonchev–Trinajstić information content (AvgIpc) is 3.72. The van der Waals surface area contributed by atoms with Crippen LogP contribution in [0.25, 0.3) is 0 Å². The highest BCUT2D eigenvalue weighted by Crippen LogP contribution is 2.45. The molecular weight excluding hydrogens is 577 g/mol. The van der Waals surface area contributed by atoms with Gasteiger partial charge in [0, 0.05) is 24.4 Å². The highest BCUT2D eigenvalue weighted by Gasteiger charge is 2.54. The summed E-state index contributed by atoms with van der Waals surface area (Å²) in [4.78, 5) is 39.0. The molecule has 1 aromatic rings. The fraction of sp³-hybridized carbons (Fsp3) is 0.694. The van der Waals surface area contributed by atoms with Crippen molar-refractivity contribution in [3.05, 3.63) is 47.8 Å². The maximum Gasteiger partial charge on any atom is 0.320 e. The smallest absolute Gasteiger partial charge is 0.320 e. The number of esters is 3. The van der Waals surface area contributed by atoms with Crippen molar-refractivity contribution >= 4 is 17.9 Å². The van der Waals surface area contributed by atoms with Crippen LogP contribution < -0.4 is 0 Å². The number of ether oxygens (including phenoxy) is 3. The number of aliphatic hydroxyl groups excluding tert-OH is 1. The van der Waals surface area contributed by atoms with Crippen molar-refractivity contribution in [2.24, 2.45) is 5.92 Å². The van der Waals surface area contributed by atoms with Crippen LogP contribution in [-0.2, 0) is 28.6 Å². The number of hydrogen-bond acceptors (Lipinski definition) is 8. The van der Waals surface area contributed by atoms with E-state index in [0.717, 1.165) is 69.8 Å². The standard InChI is InChI=1S/C36H56FNO7/c1-6-8-15-19-31(30(39)18-16-13-11-9-10-12-14-17-20-32(40)43-4)45-33(41)25-38-29(7-2)35(38)34(26(3)36(42)44-5)27-21-23-28(37)24-22-27/h13,16,21-24,26,29-31,34-35,39H,6-12,14-15,17-20,25H2,1-5H3/b16-13-/t26?,29-,30?,31?,34+,35?,38+/m0/s1. The van der Waals surface area contributed by atoms with Crippen LogP contribution in [0.3, 0.4) is 0 Å². The third-order valence-corrected chi connectivity index (χ3v) is 8.91. The van der Waals surface area contributed by atoms with Gasteiger partial charge < -0.3 is 19.3 Å². The molecular formula is C36H56FNO7. The lowest BCUT2D eigenvalue weighted by atomic mass is 9.83. The Morgan fingerprint density at radius 2 is 1.62 bits per heavy atom. The van der Waals surface area contributed by atoms with Crippen molar-refractivity contribution in [3.63, 3.8) is 0 Å². The summed E-state index contributed by atoms with van der Waals surface area (Å²) in [5.41, 5.74) is 0.826. The number of aliphatic hydroxyl groups is 1. The molecule has 0 aromatic heterocycles. The Balaban J connectivity index is 1.93. The van der Waals surface area contributed by atoms with E-state index in [1.807, 2.05) is 24.8 Å². The zero-order valence-corrected chi connectivity index (χ0v) is 28.0. The maximum atomic E-state index is 13.7. The van der Waals surface area contributed by atoms with E-state index in [4.69, 9.17) is 9.47 Å². The first-order chi connectivity index (χ1) is 21.7. The minimum atomic E-state index is -0.793. The normalized spacial score (nSPS) is 20.3. The Morgan fingerprint density at radius 3 is 2.27 bits per heavy atom. The second-order valence-electron chi connectivity index (χ2n) is 12.2. The van der Waals surface area contributed by atoms with Crippen LogP contribution in [0.2, 0.25) is 0 Å². The molecule has 0 radical (unpaired) electrons. The fourth-order valence-electron chi connectivity index (χ4n) is 6.25. The van der Waals surface area contributed by atoms with Gasteiger partial charge in [0.1, 0.15) is 11.9 Å². The highest BCUT2D eigenvalue weighted by atomic mass is 19.1. The van der Waals surface area contributed by atoms with E-state index in [0.29, 0.717) is 19.3 Å². The van der Waals surface area contributed by atoms with Gasteiger partial charge in [0.2, 0.25) is 0 Å². The molecule has 45 heavy (non-hydrogen) atoms. The van der Waals surface area contributed by atoms with Crippen molar-refractivity contribution in [1.29, 1.82) is 0 Å². The van der Waals surface area contributed by atoms with Crippen molar-refractivity contribution in [2.75, 3.05) is 20.8 Å². The molecule has 9 heteroatoms. The van der Waals surface area contributed by atoms with Crippen molar-refractivity contribution in [1.82, 2.24) is 4.90 Å². The molecule has 0 bridgehead atoms. The van der Waals surface area contributed by atoms with Gasteiger partial charge in [0.25, 0.3) is 0 Å². The Bertz CT molecular complexity index is 1050. The van der Waals surface area contributed by atoms with Gasteiger partial charge >= 0.3 is 17.9 Å². The van der Waals surface area contributed by atoms with Crippen LogP contribution in [0.15, 0.2) is 36.4 Å². The molecule has 0 saturated carbocycles. The SMILES string of the molecule is CCCCCC(OC(=O)C[N@@]1C([C@@H](c2ccc(F)cc2)C(C)C(=O)OC)[C@@H]1CC)C(O)C/C=C\CCCCCCCC(=O)OC. The Labute approximate surface area is 269 Å². The largest absolute Gasteiger partial charge is 0.469 e. The molecule has 1 N–H and O–H groups in total. The summed E-state index contributed by atoms with van der Waals surface area (Å²) in [5.74, 6) is -2.00. The quantitative estimate of drug-likeness (QED) is 0.0457. The first-order valence-corrected chi connectivity index (χ1v) is 16.9. The topological polar surface area (TPSA) is 102 Å². The predicted octanol–water partition coefficient (Wildman–Crippen LogP) is 6.88. The number of benzene rings is 1. The first-order valence-electron chi connectivity index (χ1n) is 16.9. The van der Waals surface area contributed by atoms with E-state index in [1.165, 1.54) is 26.4 Å². The maximum absolute atomic E-state index is 13.7. The van der Waals surface area contributed by atoms with E-state index in [9.17, 15) is 23.9 Å². The number of unbranched alkanes of at least 4 members (excludes halogenated alkanes) is 7. The van der Waals surface area contributed by atoms with Crippen LogP contribution in [-0.4, -0.2) is 73.0 Å². The van der Waals surface area contributed by atoms with E-state index in [1.54, 1.807) is 12.1 Å². The summed E-state index contributed by atoms with van der Waals surface area (Å²) in [6.07, 6.45) is 13.8. The molecule has 8 nitrogen and oxygen atoms in total. The molecule has 2 rings (SSSR count). The van der Waals surface area contributed by atoms with Gasteiger partial charge in [-0.05, 0) is 62.6 Å². The minimum absolute atomic E-state index is 0.0568. The number of halogens is 1. The van der Waals surface area contributed by atoms with Gasteiger partial charge in [-0.2, -0.15) is 0 Å². The van der Waals surface area contributed by atoms with Gasteiger partial charge in [-0.25, -0.2) is 4.39 Å².